The van der Waals surface area contributed by atoms with E-state index in [1.807, 2.05) is 13.8 Å². The minimum atomic E-state index is 0. The van der Waals surface area contributed by atoms with Crippen LogP contribution in [0.3, 0.4) is 0 Å². The highest BCUT2D eigenvalue weighted by Crippen LogP contribution is 2.70. The largest absolute Gasteiger partial charge is 0.400 e. The van der Waals surface area contributed by atoms with E-state index in [4.69, 9.17) is 5.11 Å². The zero-order valence-corrected chi connectivity index (χ0v) is 21.7. The average molecular weight is 425 g/mol. The molecule has 1 N–H and O–H groups in total. The Morgan fingerprint density at radius 1 is 0.733 bits per heavy atom. The Hall–Kier alpha value is -0.0400. The number of aliphatic hydroxyl groups is 1. The van der Waals surface area contributed by atoms with Gasteiger partial charge in [-0.15, -0.1) is 0 Å². The second kappa shape index (κ2) is 12.9. The lowest BCUT2D eigenvalue weighted by Gasteiger charge is -2.64. The molecule has 0 saturated heterocycles. The molecule has 4 fully saturated rings. The highest BCUT2D eigenvalue weighted by molar-refractivity contribution is 5.11. The molecule has 0 amide bonds. The Morgan fingerprint density at radius 3 is 1.87 bits per heavy atom. The summed E-state index contributed by atoms with van der Waals surface area (Å²) >= 11 is 0. The minimum Gasteiger partial charge on any atom is -0.400 e. The fourth-order valence-electron chi connectivity index (χ4n) is 8.38. The van der Waals surface area contributed by atoms with E-state index in [-0.39, 0.29) is 7.43 Å². The van der Waals surface area contributed by atoms with Crippen molar-refractivity contribution in [1.82, 2.24) is 0 Å². The van der Waals surface area contributed by atoms with Crippen molar-refractivity contribution < 1.29 is 5.11 Å². The third kappa shape index (κ3) is 5.13. The van der Waals surface area contributed by atoms with Crippen LogP contribution >= 0.6 is 0 Å². The van der Waals surface area contributed by atoms with Crippen LogP contribution in [-0.2, 0) is 0 Å². The Balaban J connectivity index is 0.000000948. The lowest BCUT2D eigenvalue weighted by atomic mass is 9.40. The first-order valence-electron chi connectivity index (χ1n) is 13.3. The molecule has 0 radical (unpaired) electrons. The van der Waals surface area contributed by atoms with E-state index in [0.717, 1.165) is 30.8 Å². The summed E-state index contributed by atoms with van der Waals surface area (Å²) in [6.07, 6.45) is 18.0. The van der Waals surface area contributed by atoms with Gasteiger partial charge in [0.1, 0.15) is 0 Å². The molecule has 4 rings (SSSR count). The molecular formula is C29H60O. The first-order chi connectivity index (χ1) is 13.9. The summed E-state index contributed by atoms with van der Waals surface area (Å²) in [6, 6.07) is 0. The van der Waals surface area contributed by atoms with E-state index in [1.54, 1.807) is 25.7 Å². The highest BCUT2D eigenvalue weighted by Gasteiger charge is 2.62. The van der Waals surface area contributed by atoms with Gasteiger partial charge in [0, 0.05) is 7.11 Å². The summed E-state index contributed by atoms with van der Waals surface area (Å²) < 4.78 is 0. The van der Waals surface area contributed by atoms with Gasteiger partial charge in [0.05, 0.1) is 0 Å². The molecule has 4 aliphatic rings. The molecule has 0 aromatic rings. The fraction of sp³-hybridized carbons (Fsp3) is 1.00. The summed E-state index contributed by atoms with van der Waals surface area (Å²) in [5.41, 5.74) is 2.04. The molecular weight excluding hydrogens is 364 g/mol. The number of aliphatic hydroxyl groups excluding tert-OH is 1. The van der Waals surface area contributed by atoms with E-state index in [2.05, 4.69) is 41.5 Å². The van der Waals surface area contributed by atoms with Crippen molar-refractivity contribution >= 4 is 0 Å². The summed E-state index contributed by atoms with van der Waals surface area (Å²) in [7, 11) is 1.00. The molecule has 0 aromatic carbocycles. The third-order valence-corrected chi connectivity index (χ3v) is 10.0. The first-order valence-corrected chi connectivity index (χ1v) is 13.3. The van der Waals surface area contributed by atoms with Gasteiger partial charge in [-0.25, -0.2) is 0 Å². The summed E-state index contributed by atoms with van der Waals surface area (Å²) in [6.45, 7) is 18.8. The van der Waals surface area contributed by atoms with Crippen LogP contribution in [0.1, 0.15) is 140 Å². The number of fused-ring (bicyclic) bond motifs is 5. The zero-order valence-electron chi connectivity index (χ0n) is 21.7. The molecule has 182 valence electrons. The van der Waals surface area contributed by atoms with Crippen molar-refractivity contribution in [3.05, 3.63) is 0 Å². The first kappa shape index (κ1) is 30.0. The number of hydrogen-bond donors (Lipinski definition) is 1. The van der Waals surface area contributed by atoms with Gasteiger partial charge in [-0.2, -0.15) is 0 Å². The highest BCUT2D eigenvalue weighted by atomic mass is 16.2. The van der Waals surface area contributed by atoms with Gasteiger partial charge < -0.3 is 5.11 Å². The van der Waals surface area contributed by atoms with Crippen LogP contribution in [0.15, 0.2) is 0 Å². The maximum Gasteiger partial charge on any atom is 0.0319 e. The van der Waals surface area contributed by atoms with Crippen LogP contribution in [0.5, 0.6) is 0 Å². The quantitative estimate of drug-likeness (QED) is 0.444. The monoisotopic (exact) mass is 424 g/mol. The predicted molar refractivity (Wildman–Crippen MR) is 137 cm³/mol. The topological polar surface area (TPSA) is 20.2 Å². The Bertz CT molecular complexity index is 459. The summed E-state index contributed by atoms with van der Waals surface area (Å²) in [4.78, 5) is 0. The van der Waals surface area contributed by atoms with Gasteiger partial charge in [0.2, 0.25) is 0 Å². The van der Waals surface area contributed by atoms with E-state index in [1.165, 1.54) is 51.4 Å². The molecule has 0 aromatic heterocycles. The molecule has 0 heterocycles. The van der Waals surface area contributed by atoms with Crippen molar-refractivity contribution in [2.24, 2.45) is 39.9 Å². The van der Waals surface area contributed by atoms with Crippen molar-refractivity contribution in [1.29, 1.82) is 0 Å². The predicted octanol–water partition coefficient (Wildman–Crippen LogP) is 9.52. The van der Waals surface area contributed by atoms with E-state index < -0.39 is 0 Å². The van der Waals surface area contributed by atoms with Gasteiger partial charge in [0.25, 0.3) is 0 Å². The molecule has 7 atom stereocenters. The van der Waals surface area contributed by atoms with Crippen LogP contribution in [0, 0.1) is 39.9 Å². The second-order valence-corrected chi connectivity index (χ2v) is 11.0. The smallest absolute Gasteiger partial charge is 0.0319 e. The van der Waals surface area contributed by atoms with Crippen molar-refractivity contribution in [3.8, 4) is 0 Å². The van der Waals surface area contributed by atoms with Crippen LogP contribution in [0.4, 0.5) is 0 Å². The third-order valence-electron chi connectivity index (χ3n) is 10.0. The fourth-order valence-corrected chi connectivity index (χ4v) is 8.38. The standard InChI is InChI=1S/C22H38.C3H8.C2H6.CH4O.CH4/c1-5-16-8-9-18-17-10-14-20(2)12-6-7-13-22(20,4)19(17)11-15-21(16,18)3;1-3-2;2*1-2;/h16-19H,5-15H2,1-4H3;3H2,1-2H3;1-2H3;2H,1H3;1H4. The van der Waals surface area contributed by atoms with Gasteiger partial charge in [-0.1, -0.05) is 88.5 Å². The van der Waals surface area contributed by atoms with Gasteiger partial charge in [-0.3, -0.25) is 0 Å². The lowest BCUT2D eigenvalue weighted by Crippen LogP contribution is -2.56. The normalized spacial score (nSPS) is 43.4. The molecule has 30 heavy (non-hydrogen) atoms. The molecule has 4 saturated carbocycles. The van der Waals surface area contributed by atoms with Crippen LogP contribution in [0.2, 0.25) is 0 Å². The maximum absolute atomic E-state index is 7.00. The van der Waals surface area contributed by atoms with Gasteiger partial charge >= 0.3 is 0 Å². The minimum absolute atomic E-state index is 0. The van der Waals surface area contributed by atoms with Crippen molar-refractivity contribution in [3.63, 3.8) is 0 Å². The Morgan fingerprint density at radius 2 is 1.30 bits per heavy atom. The SMILES string of the molecule is C.CC.CCC.CCC1CCC2C3CCC4(C)CCCCC4(C)C3CCC12C.CO. The maximum atomic E-state index is 7.00. The van der Waals surface area contributed by atoms with Crippen LogP contribution in [-0.4, -0.2) is 12.2 Å². The van der Waals surface area contributed by atoms with Crippen molar-refractivity contribution in [2.45, 2.75) is 140 Å². The molecule has 0 spiro atoms. The number of hydrogen-bond acceptors (Lipinski definition) is 1. The van der Waals surface area contributed by atoms with Gasteiger partial charge in [0.15, 0.2) is 0 Å². The van der Waals surface area contributed by atoms with E-state index in [9.17, 15) is 0 Å². The Labute approximate surface area is 192 Å². The Kier molecular flexibility index (Phi) is 12.8. The summed E-state index contributed by atoms with van der Waals surface area (Å²) in [5, 5.41) is 7.00. The van der Waals surface area contributed by atoms with E-state index >= 15 is 0 Å². The van der Waals surface area contributed by atoms with Crippen molar-refractivity contribution in [2.75, 3.05) is 7.11 Å². The van der Waals surface area contributed by atoms with E-state index in [0.29, 0.717) is 16.2 Å². The molecule has 4 aliphatic carbocycles. The zero-order chi connectivity index (χ0) is 22.3. The second-order valence-electron chi connectivity index (χ2n) is 11.0. The molecule has 1 heteroatoms. The molecule has 1 nitrogen and oxygen atoms in total. The molecule has 0 aliphatic heterocycles. The van der Waals surface area contributed by atoms with Gasteiger partial charge in [-0.05, 0) is 91.3 Å². The lowest BCUT2D eigenvalue weighted by molar-refractivity contribution is -0.152. The molecule has 7 unspecified atom stereocenters. The summed E-state index contributed by atoms with van der Waals surface area (Å²) in [5.74, 6) is 4.23. The average Bonchev–Trinajstić information content (AvgIpc) is 3.08. The molecule has 0 bridgehead atoms. The number of rotatable bonds is 1. The van der Waals surface area contributed by atoms with Crippen LogP contribution in [0.25, 0.3) is 0 Å². The van der Waals surface area contributed by atoms with Crippen LogP contribution < -0.4 is 0 Å².